The smallest absolute Gasteiger partial charge is 0.331 e. The summed E-state index contributed by atoms with van der Waals surface area (Å²) in [4.78, 5) is 42.1. The van der Waals surface area contributed by atoms with E-state index >= 15 is 0 Å². The van der Waals surface area contributed by atoms with Gasteiger partial charge in [-0.25, -0.2) is 4.79 Å². The van der Waals surface area contributed by atoms with Gasteiger partial charge in [0, 0.05) is 19.2 Å². The minimum atomic E-state index is -1.01. The molecule has 0 radical (unpaired) electrons. The van der Waals surface area contributed by atoms with Crippen molar-refractivity contribution < 1.29 is 19.5 Å². The molecule has 1 aromatic rings. The standard InChI is InChI=1S/C26H39N3O4/c1-16(2)20(15-17(3)25(32)33)29(8)24(31)22(26(4,5)6)27-23(30)21-19-12-10-9-11-18(19)13-14-28(21)7/h9-12,15-16,20-22H,13-14H2,1-8H3,(H,27,30)(H,32,33)/t20?,21?,22-/m1/s1. The number of carbonyl (C=O) groups is 3. The predicted molar refractivity (Wildman–Crippen MR) is 130 cm³/mol. The Morgan fingerprint density at radius 2 is 1.82 bits per heavy atom. The van der Waals surface area contributed by atoms with Crippen LogP contribution in [0.1, 0.15) is 58.7 Å². The first-order chi connectivity index (χ1) is 15.3. The fourth-order valence-electron chi connectivity index (χ4n) is 4.33. The summed E-state index contributed by atoms with van der Waals surface area (Å²) in [5.41, 5.74) is 1.77. The number of amides is 2. The average Bonchev–Trinajstić information content (AvgIpc) is 2.73. The van der Waals surface area contributed by atoms with Crippen LogP contribution in [0.2, 0.25) is 0 Å². The molecule has 1 aliphatic rings. The Morgan fingerprint density at radius 3 is 2.36 bits per heavy atom. The summed E-state index contributed by atoms with van der Waals surface area (Å²) in [7, 11) is 3.60. The van der Waals surface area contributed by atoms with Gasteiger partial charge in [-0.2, -0.15) is 0 Å². The van der Waals surface area contributed by atoms with Crippen LogP contribution in [0.4, 0.5) is 0 Å². The van der Waals surface area contributed by atoms with Gasteiger partial charge in [-0.15, -0.1) is 0 Å². The highest BCUT2D eigenvalue weighted by Crippen LogP contribution is 2.30. The highest BCUT2D eigenvalue weighted by Gasteiger charge is 2.40. The maximum absolute atomic E-state index is 13.7. The molecule has 2 N–H and O–H groups in total. The third-order valence-corrected chi connectivity index (χ3v) is 6.41. The number of carboxylic acids is 1. The van der Waals surface area contributed by atoms with Crippen molar-refractivity contribution in [1.29, 1.82) is 0 Å². The lowest BCUT2D eigenvalue weighted by atomic mass is 9.84. The third kappa shape index (κ3) is 6.22. The van der Waals surface area contributed by atoms with E-state index in [0.29, 0.717) is 0 Å². The van der Waals surface area contributed by atoms with Gasteiger partial charge in [0.25, 0.3) is 0 Å². The number of nitrogens with zero attached hydrogens (tertiary/aromatic N) is 2. The number of fused-ring (bicyclic) bond motifs is 1. The number of hydrogen-bond donors (Lipinski definition) is 2. The van der Waals surface area contributed by atoms with Crippen molar-refractivity contribution in [3.8, 4) is 0 Å². The van der Waals surface area contributed by atoms with Gasteiger partial charge >= 0.3 is 5.97 Å². The molecule has 0 aliphatic carbocycles. The maximum atomic E-state index is 13.7. The molecule has 182 valence electrons. The molecule has 7 nitrogen and oxygen atoms in total. The van der Waals surface area contributed by atoms with E-state index in [-0.39, 0.29) is 23.3 Å². The Labute approximate surface area is 197 Å². The Bertz CT molecular complexity index is 916. The topological polar surface area (TPSA) is 90.0 Å². The Balaban J connectivity index is 2.35. The SMILES string of the molecule is CC(=CC(C(C)C)N(C)C(=O)[C@@H](NC(=O)C1c2ccccc2CCN1C)C(C)(C)C)C(=O)O. The second-order valence-corrected chi connectivity index (χ2v) is 10.5. The zero-order valence-electron chi connectivity index (χ0n) is 21.2. The van der Waals surface area contributed by atoms with Gasteiger partial charge in [0.15, 0.2) is 0 Å². The monoisotopic (exact) mass is 457 g/mol. The van der Waals surface area contributed by atoms with E-state index in [0.717, 1.165) is 24.1 Å². The van der Waals surface area contributed by atoms with Crippen molar-refractivity contribution in [2.45, 2.75) is 66.1 Å². The van der Waals surface area contributed by atoms with Gasteiger partial charge in [-0.3, -0.25) is 14.5 Å². The lowest BCUT2D eigenvalue weighted by Crippen LogP contribution is -2.58. The van der Waals surface area contributed by atoms with Gasteiger partial charge < -0.3 is 15.3 Å². The van der Waals surface area contributed by atoms with Crippen molar-refractivity contribution in [2.75, 3.05) is 20.6 Å². The van der Waals surface area contributed by atoms with Gasteiger partial charge in [-0.05, 0) is 42.9 Å². The highest BCUT2D eigenvalue weighted by molar-refractivity contribution is 5.91. The second-order valence-electron chi connectivity index (χ2n) is 10.5. The van der Waals surface area contributed by atoms with Crippen molar-refractivity contribution in [3.63, 3.8) is 0 Å². The molecule has 0 saturated heterocycles. The van der Waals surface area contributed by atoms with Crippen LogP contribution in [-0.2, 0) is 20.8 Å². The molecule has 1 aromatic carbocycles. The maximum Gasteiger partial charge on any atom is 0.331 e. The first-order valence-corrected chi connectivity index (χ1v) is 11.5. The zero-order valence-corrected chi connectivity index (χ0v) is 21.2. The molecule has 3 atom stereocenters. The molecule has 1 heterocycles. The third-order valence-electron chi connectivity index (χ3n) is 6.41. The molecule has 1 aliphatic heterocycles. The van der Waals surface area contributed by atoms with Crippen LogP contribution in [0, 0.1) is 11.3 Å². The summed E-state index contributed by atoms with van der Waals surface area (Å²) in [6.45, 7) is 11.9. The fraction of sp³-hybridized carbons (Fsp3) is 0.577. The van der Waals surface area contributed by atoms with Crippen LogP contribution < -0.4 is 5.32 Å². The van der Waals surface area contributed by atoms with E-state index in [1.165, 1.54) is 6.92 Å². The summed E-state index contributed by atoms with van der Waals surface area (Å²) in [5, 5.41) is 12.3. The summed E-state index contributed by atoms with van der Waals surface area (Å²) >= 11 is 0. The fourth-order valence-corrected chi connectivity index (χ4v) is 4.33. The minimum absolute atomic E-state index is 0.000856. The molecule has 0 spiro atoms. The lowest BCUT2D eigenvalue weighted by Gasteiger charge is -2.39. The van der Waals surface area contributed by atoms with E-state index < -0.39 is 29.5 Å². The summed E-state index contributed by atoms with van der Waals surface area (Å²) in [6.07, 6.45) is 2.49. The number of carbonyl (C=O) groups excluding carboxylic acids is 2. The van der Waals surface area contributed by atoms with Crippen LogP contribution in [0.3, 0.4) is 0 Å². The Hall–Kier alpha value is -2.67. The first-order valence-electron chi connectivity index (χ1n) is 11.5. The molecule has 0 fully saturated rings. The molecule has 7 heteroatoms. The van der Waals surface area contributed by atoms with Gasteiger partial charge in [0.2, 0.25) is 11.8 Å². The van der Waals surface area contributed by atoms with Crippen LogP contribution in [0.25, 0.3) is 0 Å². The number of carboxylic acid groups (broad SMARTS) is 1. The average molecular weight is 458 g/mol. The number of likely N-dealkylation sites (N-methyl/N-ethyl adjacent to an activating group) is 2. The van der Waals surface area contributed by atoms with Crippen LogP contribution >= 0.6 is 0 Å². The highest BCUT2D eigenvalue weighted by atomic mass is 16.4. The molecule has 0 saturated carbocycles. The molecule has 0 aromatic heterocycles. The summed E-state index contributed by atoms with van der Waals surface area (Å²) in [5.74, 6) is -1.46. The van der Waals surface area contributed by atoms with E-state index in [1.54, 1.807) is 18.0 Å². The lowest BCUT2D eigenvalue weighted by molar-refractivity contribution is -0.141. The molecular formula is C26H39N3O4. The van der Waals surface area contributed by atoms with Crippen molar-refractivity contribution in [2.24, 2.45) is 11.3 Å². The van der Waals surface area contributed by atoms with Crippen LogP contribution in [0.15, 0.2) is 35.9 Å². The Morgan fingerprint density at radius 1 is 1.21 bits per heavy atom. The second kappa shape index (κ2) is 10.5. The van der Waals surface area contributed by atoms with Crippen molar-refractivity contribution in [1.82, 2.24) is 15.1 Å². The predicted octanol–water partition coefficient (Wildman–Crippen LogP) is 3.26. The number of aliphatic carboxylic acids is 1. The number of nitrogens with one attached hydrogen (secondary N) is 1. The van der Waals surface area contributed by atoms with Crippen molar-refractivity contribution >= 4 is 17.8 Å². The zero-order chi connectivity index (χ0) is 25.1. The summed E-state index contributed by atoms with van der Waals surface area (Å²) < 4.78 is 0. The number of hydrogen-bond acceptors (Lipinski definition) is 4. The van der Waals surface area contributed by atoms with E-state index in [1.807, 2.05) is 70.8 Å². The van der Waals surface area contributed by atoms with Crippen LogP contribution in [0.5, 0.6) is 0 Å². The van der Waals surface area contributed by atoms with Crippen molar-refractivity contribution in [3.05, 3.63) is 47.0 Å². The molecule has 2 unspecified atom stereocenters. The normalized spacial score (nSPS) is 18.9. The van der Waals surface area contributed by atoms with Gasteiger partial charge in [0.1, 0.15) is 12.1 Å². The largest absolute Gasteiger partial charge is 0.478 e. The Kier molecular flexibility index (Phi) is 8.46. The van der Waals surface area contributed by atoms with Gasteiger partial charge in [0.05, 0.1) is 6.04 Å². The van der Waals surface area contributed by atoms with Crippen LogP contribution in [-0.4, -0.2) is 65.4 Å². The minimum Gasteiger partial charge on any atom is -0.478 e. The van der Waals surface area contributed by atoms with E-state index in [2.05, 4.69) is 5.32 Å². The molecule has 33 heavy (non-hydrogen) atoms. The first kappa shape index (κ1) is 26.6. The number of benzene rings is 1. The van der Waals surface area contributed by atoms with E-state index in [4.69, 9.17) is 0 Å². The summed E-state index contributed by atoms with van der Waals surface area (Å²) in [6, 6.07) is 6.30. The molecule has 2 rings (SSSR count). The van der Waals surface area contributed by atoms with Gasteiger partial charge in [-0.1, -0.05) is 65.0 Å². The van der Waals surface area contributed by atoms with E-state index in [9.17, 15) is 19.5 Å². The number of rotatable bonds is 7. The molecular weight excluding hydrogens is 418 g/mol. The molecule has 0 bridgehead atoms. The quantitative estimate of drug-likeness (QED) is 0.614. The molecule has 2 amide bonds.